The maximum atomic E-state index is 14.7. The molecule has 578 valence electrons. The predicted molar refractivity (Wildman–Crippen MR) is 422 cm³/mol. The minimum Gasteiger partial charge on any atom is -0.493 e. The van der Waals surface area contributed by atoms with Crippen LogP contribution >= 0.6 is 22.7 Å². The Morgan fingerprint density at radius 2 is 1.54 bits per heavy atom. The van der Waals surface area contributed by atoms with E-state index in [4.69, 9.17) is 25.3 Å². The molecule has 6 heterocycles. The summed E-state index contributed by atoms with van der Waals surface area (Å²) < 4.78 is 31.5. The number of carbonyl (C=O) groups is 4. The summed E-state index contributed by atoms with van der Waals surface area (Å²) in [6.07, 6.45) is 26.2. The normalized spacial score (nSPS) is 24.0. The highest BCUT2D eigenvalue weighted by molar-refractivity contribution is 7.22. The quantitative estimate of drug-likeness (QED) is 0.0121. The van der Waals surface area contributed by atoms with E-state index in [1.807, 2.05) is 87.1 Å². The zero-order chi connectivity index (χ0) is 76.1. The number of amidine groups is 2. The number of aromatic nitrogens is 5. The summed E-state index contributed by atoms with van der Waals surface area (Å²) in [7, 11) is 2.24. The van der Waals surface area contributed by atoms with Gasteiger partial charge in [0, 0.05) is 67.1 Å². The van der Waals surface area contributed by atoms with Gasteiger partial charge in [-0.3, -0.25) is 24.5 Å². The number of halogens is 1. The van der Waals surface area contributed by atoms with Crippen molar-refractivity contribution in [3.8, 4) is 27.3 Å². The van der Waals surface area contributed by atoms with E-state index in [1.54, 1.807) is 37.0 Å². The van der Waals surface area contributed by atoms with Crippen LogP contribution in [0.2, 0.25) is 0 Å². The molecule has 7 N–H and O–H groups in total. The van der Waals surface area contributed by atoms with Gasteiger partial charge in [-0.15, -0.1) is 11.3 Å². The van der Waals surface area contributed by atoms with E-state index in [0.29, 0.717) is 53.2 Å². The molecule has 2 aliphatic heterocycles. The first kappa shape index (κ1) is 79.1. The number of aromatic carboxylic acids is 1. The Morgan fingerprint density at radius 3 is 2.20 bits per heavy atom. The lowest BCUT2D eigenvalue weighted by atomic mass is 9.39. The van der Waals surface area contributed by atoms with E-state index in [0.717, 1.165) is 133 Å². The molecule has 6 aromatic rings. The molecule has 21 nitrogen and oxygen atoms in total. The van der Waals surface area contributed by atoms with Gasteiger partial charge in [0.05, 0.1) is 57.4 Å². The number of unbranched alkanes of at least 4 members (excludes halogenated alkanes) is 13. The Kier molecular flexibility index (Phi) is 24.7. The lowest BCUT2D eigenvalue weighted by Gasteiger charge is -2.69. The molecule has 4 aromatic heterocycles. The molecule has 4 bridgehead atoms. The zero-order valence-electron chi connectivity index (χ0n) is 64.6. The van der Waals surface area contributed by atoms with Crippen LogP contribution in [0.1, 0.15) is 230 Å². The summed E-state index contributed by atoms with van der Waals surface area (Å²) in [5.41, 5.74) is 12.9. The fourth-order valence-electron chi connectivity index (χ4n) is 18.9. The SMILES string of the molecule is CC(/C(N)=N/c1nc2ccccc2s1)=C1\CCCN(c2ccc(-c3cnn(CC45CC6(C)CC(C)(C4)CC(OCCN(C)CCCCCCCCCCCCCCCCOc4cc(-c7scnc7C)ccc4CNC(=O)[C@@H]4C[C@@H](O)CN4C(=O)[C@@H](NC(=O)C4(F)CC4)C(C)(C)C)(C6)C5)c3C)c(C(=O)O)n2)C1=N. The van der Waals surface area contributed by atoms with Crippen molar-refractivity contribution in [3.05, 3.63) is 100 Å². The number of aryl methyl sites for hydroxylation is 1. The molecular formula is C83H114FN13O8S2. The zero-order valence-corrected chi connectivity index (χ0v) is 66.2. The number of β-amino-alcohol motifs (C(OH)–C–C–N with tert-alkyl or cyclic N) is 1. The van der Waals surface area contributed by atoms with Gasteiger partial charge in [0.25, 0.3) is 5.91 Å². The van der Waals surface area contributed by atoms with Crippen molar-refractivity contribution in [3.63, 3.8) is 0 Å². The summed E-state index contributed by atoms with van der Waals surface area (Å²) in [4.78, 5) is 78.9. The van der Waals surface area contributed by atoms with E-state index < -0.39 is 53.0 Å². The number of aliphatic imine (C=N–C) groups is 1. The number of aliphatic hydroxyl groups is 1. The first-order valence-electron chi connectivity index (χ1n) is 39.3. The Balaban J connectivity index is 0.528. The van der Waals surface area contributed by atoms with E-state index in [9.17, 15) is 39.2 Å². The molecule has 7 fully saturated rings. The maximum Gasteiger partial charge on any atom is 0.355 e. The number of nitrogens with one attached hydrogen (secondary N) is 3. The predicted octanol–water partition coefficient (Wildman–Crippen LogP) is 15.8. The minimum absolute atomic E-state index is 0.000354. The number of anilines is 1. The standard InChI is InChI=1S/C83H114FN13O8S2/c1-54(71(85)93-77-90-63-28-22-23-29-66(63)107-77)60-27-26-37-95(72(60)86)67-33-32-61(68(91-67)75(101)102)62-44-89-97(56(62)3)52-81-47-79(7)46-80(8,48-81)50-82(49-79,51-81)105-40-38-94(9)36-24-20-18-16-14-12-10-11-13-15-17-19-21-25-39-104-65-41-57(69-55(2)88-53-106-69)30-31-58(65)43-87-73(99)64-42-59(98)45-96(64)74(100)70(78(4,5)6)92-76(103)83(84)34-35-83/h22-23,28-33,41,44,53,59,64,70,86,98H,10-21,24-27,34-40,42-43,45-52H2,1-9H3,(H,87,99)(H,92,103)(H,101,102)(H2,85,90,93)/b60-54-,86-72?/t59-,64+,70-,79?,80?,81?,82?/m1/s1. The second kappa shape index (κ2) is 33.4. The number of rotatable bonds is 36. The molecular weight excluding hydrogens is 1390 g/mol. The number of aliphatic hydroxyl groups excluding tert-OH is 1. The number of benzene rings is 2. The number of piperidine rings is 1. The second-order valence-electron chi connectivity index (χ2n) is 34.1. The second-order valence-corrected chi connectivity index (χ2v) is 36.0. The summed E-state index contributed by atoms with van der Waals surface area (Å²) in [6, 6.07) is 15.4. The van der Waals surface area contributed by atoms with Crippen LogP contribution < -0.4 is 26.0 Å². The van der Waals surface area contributed by atoms with Gasteiger partial charge >= 0.3 is 5.97 Å². The number of carboxylic acid groups (broad SMARTS) is 1. The van der Waals surface area contributed by atoms with Gasteiger partial charge in [-0.25, -0.2) is 29.1 Å². The van der Waals surface area contributed by atoms with E-state index >= 15 is 0 Å². The fourth-order valence-corrected chi connectivity index (χ4v) is 20.5. The number of amides is 3. The molecule has 24 heteroatoms. The first-order chi connectivity index (χ1) is 51.0. The van der Waals surface area contributed by atoms with Crippen molar-refractivity contribution in [2.24, 2.45) is 32.4 Å². The molecule has 7 aliphatic rings. The number of thiazole rings is 2. The minimum atomic E-state index is -1.96. The number of nitrogens with two attached hydrogens (primary N) is 1. The van der Waals surface area contributed by atoms with Gasteiger partial charge in [-0.1, -0.05) is 147 Å². The fraction of sp³-hybridized carbons (Fsp3) is 0.614. The molecule has 0 radical (unpaired) electrons. The van der Waals surface area contributed by atoms with Gasteiger partial charge in [-0.05, 0) is 175 Å². The van der Waals surface area contributed by atoms with E-state index in [2.05, 4.69) is 56.1 Å². The van der Waals surface area contributed by atoms with E-state index in [-0.39, 0.29) is 65.7 Å². The van der Waals surface area contributed by atoms with Gasteiger partial charge in [0.15, 0.2) is 11.4 Å². The van der Waals surface area contributed by atoms with Crippen LogP contribution in [0, 0.1) is 40.9 Å². The molecule has 5 saturated carbocycles. The number of likely N-dealkylation sites (N-methyl/N-ethyl adjacent to an activating group) is 1. The third-order valence-corrected chi connectivity index (χ3v) is 25.4. The number of pyridine rings is 1. The third kappa shape index (κ3) is 18.9. The van der Waals surface area contributed by atoms with Crippen LogP contribution in [-0.2, 0) is 32.2 Å². The van der Waals surface area contributed by atoms with Crippen molar-refractivity contribution in [1.29, 1.82) is 5.41 Å². The Bertz CT molecular complexity index is 4220. The van der Waals surface area contributed by atoms with Gasteiger partial charge < -0.3 is 50.8 Å². The van der Waals surface area contributed by atoms with Gasteiger partial charge in [-0.2, -0.15) is 5.10 Å². The number of nitrogens with zero attached hydrogens (tertiary/aromatic N) is 9. The molecule has 5 atom stereocenters. The molecule has 0 spiro atoms. The average molecular weight is 1510 g/mol. The molecule has 2 unspecified atom stereocenters. The highest BCUT2D eigenvalue weighted by atomic mass is 32.1. The number of fused-ring (bicyclic) bond motifs is 1. The number of carboxylic acids is 1. The number of likely N-dealkylation sites (tertiary alicyclic amines) is 1. The number of para-hydroxylation sites is 1. The lowest BCUT2D eigenvalue weighted by molar-refractivity contribution is -0.248. The molecule has 2 aromatic carbocycles. The molecule has 13 rings (SSSR count). The van der Waals surface area contributed by atoms with Crippen molar-refractivity contribution >= 4 is 79.2 Å². The largest absolute Gasteiger partial charge is 0.493 e. The number of hydrogen-bond donors (Lipinski definition) is 6. The van der Waals surface area contributed by atoms with Crippen molar-refractivity contribution in [1.82, 2.24) is 45.2 Å². The lowest BCUT2D eigenvalue weighted by Crippen LogP contribution is -2.64. The van der Waals surface area contributed by atoms with Crippen LogP contribution in [0.3, 0.4) is 0 Å². The van der Waals surface area contributed by atoms with E-state index in [1.165, 1.54) is 93.3 Å². The number of ether oxygens (including phenoxy) is 2. The molecule has 2 saturated heterocycles. The van der Waals surface area contributed by atoms with Crippen molar-refractivity contribution in [2.75, 3.05) is 51.3 Å². The summed E-state index contributed by atoms with van der Waals surface area (Å²) in [5, 5.41) is 41.9. The van der Waals surface area contributed by atoms with Crippen molar-refractivity contribution < 1.29 is 43.3 Å². The van der Waals surface area contributed by atoms with Gasteiger partial charge in [0.1, 0.15) is 35.3 Å². The number of hydrogen-bond acceptors (Lipinski definition) is 16. The highest BCUT2D eigenvalue weighted by Crippen LogP contribution is 2.72. The number of alkyl halides is 1. The third-order valence-electron chi connectivity index (χ3n) is 23.5. The Hall–Kier alpha value is -7.51. The van der Waals surface area contributed by atoms with Gasteiger partial charge in [0.2, 0.25) is 16.9 Å². The van der Waals surface area contributed by atoms with Crippen molar-refractivity contribution in [2.45, 2.75) is 258 Å². The smallest absolute Gasteiger partial charge is 0.355 e. The monoisotopic (exact) mass is 1500 g/mol. The van der Waals surface area contributed by atoms with Crippen LogP contribution in [0.4, 0.5) is 15.3 Å². The van der Waals surface area contributed by atoms with Crippen LogP contribution in [-0.4, -0.2) is 156 Å². The maximum absolute atomic E-state index is 14.7. The van der Waals surface area contributed by atoms with Crippen LogP contribution in [0.25, 0.3) is 31.8 Å². The molecule has 5 aliphatic carbocycles. The first-order valence-corrected chi connectivity index (χ1v) is 41.0. The summed E-state index contributed by atoms with van der Waals surface area (Å²) >= 11 is 3.03. The average Bonchev–Trinajstić information content (AvgIpc) is 1.62. The summed E-state index contributed by atoms with van der Waals surface area (Å²) in [5.74, 6) is -1.28. The Morgan fingerprint density at radius 1 is 0.860 bits per heavy atom. The topological polar surface area (TPSA) is 280 Å². The molecule has 3 amide bonds. The Labute approximate surface area is 639 Å². The highest BCUT2D eigenvalue weighted by Gasteiger charge is 2.66. The number of carbonyl (C=O) groups excluding carboxylic acids is 3. The van der Waals surface area contributed by atoms with Crippen LogP contribution in [0.5, 0.6) is 5.75 Å². The molecule has 107 heavy (non-hydrogen) atoms. The summed E-state index contributed by atoms with van der Waals surface area (Å²) in [6.45, 7) is 20.8. The van der Waals surface area contributed by atoms with Crippen LogP contribution in [0.15, 0.2) is 82.4 Å².